The third-order valence-electron chi connectivity index (χ3n) is 1.93. The molecule has 1 aromatic rings. The average Bonchev–Trinajstić information content (AvgIpc) is 2.16. The molecule has 0 spiro atoms. The van der Waals surface area contributed by atoms with E-state index in [9.17, 15) is 9.50 Å². The van der Waals surface area contributed by atoms with Gasteiger partial charge in [0.1, 0.15) is 11.6 Å². The largest absolute Gasteiger partial charge is 0.491 e. The van der Waals surface area contributed by atoms with Gasteiger partial charge in [-0.1, -0.05) is 0 Å². The third-order valence-corrected chi connectivity index (χ3v) is 1.93. The molecule has 0 amide bonds. The highest BCUT2D eigenvalue weighted by molar-refractivity contribution is 5.30. The van der Waals surface area contributed by atoms with E-state index in [-0.39, 0.29) is 18.2 Å². The number of ether oxygens (including phenoxy) is 1. The lowest BCUT2D eigenvalue weighted by Gasteiger charge is -2.13. The molecular weight excluding hydrogens is 197 g/mol. The summed E-state index contributed by atoms with van der Waals surface area (Å²) < 4.78 is 18.8. The molecule has 3 N–H and O–H groups in total. The van der Waals surface area contributed by atoms with Crippen molar-refractivity contribution in [1.29, 1.82) is 0 Å². The Morgan fingerprint density at radius 1 is 1.47 bits per heavy atom. The van der Waals surface area contributed by atoms with E-state index < -0.39 is 11.9 Å². The molecule has 1 rings (SSSR count). The van der Waals surface area contributed by atoms with Crippen LogP contribution in [0.3, 0.4) is 0 Å². The van der Waals surface area contributed by atoms with Crippen LogP contribution in [0.25, 0.3) is 0 Å². The summed E-state index contributed by atoms with van der Waals surface area (Å²) in [6.07, 6.45) is -0.965. The first kappa shape index (κ1) is 11.9. The highest BCUT2D eigenvalue weighted by Crippen LogP contribution is 2.22. The SMILES string of the molecule is CC(C)Oc1ccc(C(O)CN)c(F)c1. The maximum atomic E-state index is 13.4. The van der Waals surface area contributed by atoms with E-state index in [1.807, 2.05) is 13.8 Å². The van der Waals surface area contributed by atoms with Gasteiger partial charge in [-0.2, -0.15) is 0 Å². The van der Waals surface area contributed by atoms with Crippen molar-refractivity contribution < 1.29 is 14.2 Å². The molecule has 15 heavy (non-hydrogen) atoms. The van der Waals surface area contributed by atoms with Crippen LogP contribution in [0.2, 0.25) is 0 Å². The highest BCUT2D eigenvalue weighted by Gasteiger charge is 2.12. The van der Waals surface area contributed by atoms with Crippen LogP contribution in [-0.2, 0) is 0 Å². The van der Waals surface area contributed by atoms with Gasteiger partial charge in [-0.25, -0.2) is 4.39 Å². The highest BCUT2D eigenvalue weighted by atomic mass is 19.1. The van der Waals surface area contributed by atoms with Crippen molar-refractivity contribution in [3.8, 4) is 5.75 Å². The number of rotatable bonds is 4. The van der Waals surface area contributed by atoms with Crippen LogP contribution in [-0.4, -0.2) is 17.8 Å². The van der Waals surface area contributed by atoms with Gasteiger partial charge in [0, 0.05) is 18.2 Å². The number of hydrogen-bond acceptors (Lipinski definition) is 3. The predicted molar refractivity (Wildman–Crippen MR) is 56.2 cm³/mol. The summed E-state index contributed by atoms with van der Waals surface area (Å²) in [5, 5.41) is 9.38. The Labute approximate surface area is 88.7 Å². The number of nitrogens with two attached hydrogens (primary N) is 1. The maximum Gasteiger partial charge on any atom is 0.132 e. The van der Waals surface area contributed by atoms with E-state index in [2.05, 4.69) is 0 Å². The zero-order valence-electron chi connectivity index (χ0n) is 8.90. The Kier molecular flexibility index (Phi) is 4.05. The zero-order chi connectivity index (χ0) is 11.4. The van der Waals surface area contributed by atoms with Crippen LogP contribution in [0.5, 0.6) is 5.75 Å². The van der Waals surface area contributed by atoms with Crippen LogP contribution in [0.1, 0.15) is 25.5 Å². The Hall–Kier alpha value is -1.13. The van der Waals surface area contributed by atoms with Crippen LogP contribution >= 0.6 is 0 Å². The van der Waals surface area contributed by atoms with Gasteiger partial charge in [-0.3, -0.25) is 0 Å². The van der Waals surface area contributed by atoms with Crippen molar-refractivity contribution in [2.75, 3.05) is 6.54 Å². The van der Waals surface area contributed by atoms with E-state index in [1.165, 1.54) is 12.1 Å². The standard InChI is InChI=1S/C11H16FNO2/c1-7(2)15-8-3-4-9(10(12)5-8)11(14)6-13/h3-5,7,11,14H,6,13H2,1-2H3. The summed E-state index contributed by atoms with van der Waals surface area (Å²) in [6, 6.07) is 4.37. The van der Waals surface area contributed by atoms with Crippen molar-refractivity contribution >= 4 is 0 Å². The Morgan fingerprint density at radius 2 is 2.13 bits per heavy atom. The summed E-state index contributed by atoms with van der Waals surface area (Å²) in [7, 11) is 0. The molecule has 0 radical (unpaired) electrons. The fourth-order valence-corrected chi connectivity index (χ4v) is 1.25. The normalized spacial score (nSPS) is 12.9. The number of aliphatic hydroxyl groups is 1. The molecule has 0 fully saturated rings. The van der Waals surface area contributed by atoms with Crippen LogP contribution in [0.15, 0.2) is 18.2 Å². The van der Waals surface area contributed by atoms with E-state index in [0.29, 0.717) is 5.75 Å². The topological polar surface area (TPSA) is 55.5 Å². The molecule has 4 heteroatoms. The number of benzene rings is 1. The molecule has 0 saturated heterocycles. The Balaban J connectivity index is 2.88. The van der Waals surface area contributed by atoms with Gasteiger partial charge in [0.2, 0.25) is 0 Å². The summed E-state index contributed by atoms with van der Waals surface area (Å²) in [5.74, 6) is -0.0402. The molecular formula is C11H16FNO2. The molecule has 3 nitrogen and oxygen atoms in total. The Morgan fingerprint density at radius 3 is 2.60 bits per heavy atom. The molecule has 0 aliphatic heterocycles. The number of halogens is 1. The van der Waals surface area contributed by atoms with Crippen molar-refractivity contribution in [2.24, 2.45) is 5.73 Å². The van der Waals surface area contributed by atoms with Crippen LogP contribution in [0, 0.1) is 5.82 Å². The van der Waals surface area contributed by atoms with Gasteiger partial charge in [-0.05, 0) is 26.0 Å². The minimum absolute atomic E-state index is 0.00129. The second-order valence-corrected chi connectivity index (χ2v) is 3.60. The molecule has 0 aromatic heterocycles. The third kappa shape index (κ3) is 3.18. The van der Waals surface area contributed by atoms with Crippen molar-refractivity contribution in [3.05, 3.63) is 29.6 Å². The Bertz CT molecular complexity index is 328. The van der Waals surface area contributed by atoms with Gasteiger partial charge >= 0.3 is 0 Å². The van der Waals surface area contributed by atoms with Gasteiger partial charge in [0.15, 0.2) is 0 Å². The van der Waals surface area contributed by atoms with Crippen molar-refractivity contribution in [1.82, 2.24) is 0 Å². The average molecular weight is 213 g/mol. The minimum Gasteiger partial charge on any atom is -0.491 e. The summed E-state index contributed by atoms with van der Waals surface area (Å²) in [5.41, 5.74) is 5.45. The lowest BCUT2D eigenvalue weighted by atomic mass is 10.1. The van der Waals surface area contributed by atoms with E-state index in [4.69, 9.17) is 10.5 Å². The first-order valence-electron chi connectivity index (χ1n) is 4.88. The molecule has 0 heterocycles. The van der Waals surface area contributed by atoms with Gasteiger partial charge < -0.3 is 15.6 Å². The lowest BCUT2D eigenvalue weighted by Crippen LogP contribution is -2.13. The molecule has 0 aliphatic carbocycles. The fraction of sp³-hybridized carbons (Fsp3) is 0.455. The van der Waals surface area contributed by atoms with Crippen molar-refractivity contribution in [3.63, 3.8) is 0 Å². The molecule has 1 unspecified atom stereocenters. The molecule has 0 bridgehead atoms. The van der Waals surface area contributed by atoms with Crippen LogP contribution < -0.4 is 10.5 Å². The monoisotopic (exact) mass is 213 g/mol. The quantitative estimate of drug-likeness (QED) is 0.798. The number of hydrogen-bond donors (Lipinski definition) is 2. The lowest BCUT2D eigenvalue weighted by molar-refractivity contribution is 0.181. The molecule has 0 aliphatic rings. The van der Waals surface area contributed by atoms with E-state index >= 15 is 0 Å². The first-order valence-corrected chi connectivity index (χ1v) is 4.88. The second-order valence-electron chi connectivity index (χ2n) is 3.60. The van der Waals surface area contributed by atoms with Crippen molar-refractivity contribution in [2.45, 2.75) is 26.1 Å². The second kappa shape index (κ2) is 5.09. The maximum absolute atomic E-state index is 13.4. The molecule has 0 saturated carbocycles. The zero-order valence-corrected chi connectivity index (χ0v) is 8.90. The molecule has 84 valence electrons. The summed E-state index contributed by atoms with van der Waals surface area (Å²) in [6.45, 7) is 3.72. The number of aliphatic hydroxyl groups excluding tert-OH is 1. The molecule has 1 atom stereocenters. The molecule has 1 aromatic carbocycles. The smallest absolute Gasteiger partial charge is 0.132 e. The van der Waals surface area contributed by atoms with Crippen LogP contribution in [0.4, 0.5) is 4.39 Å². The first-order chi connectivity index (χ1) is 7.04. The van der Waals surface area contributed by atoms with E-state index in [1.54, 1.807) is 6.07 Å². The fourth-order valence-electron chi connectivity index (χ4n) is 1.25. The summed E-state index contributed by atoms with van der Waals surface area (Å²) in [4.78, 5) is 0. The van der Waals surface area contributed by atoms with E-state index in [0.717, 1.165) is 0 Å². The predicted octanol–water partition coefficient (Wildman–Crippen LogP) is 1.60. The minimum atomic E-state index is -0.960. The summed E-state index contributed by atoms with van der Waals surface area (Å²) >= 11 is 0. The van der Waals surface area contributed by atoms with Gasteiger partial charge in [-0.15, -0.1) is 0 Å². The van der Waals surface area contributed by atoms with Gasteiger partial charge in [0.25, 0.3) is 0 Å². The van der Waals surface area contributed by atoms with Gasteiger partial charge in [0.05, 0.1) is 12.2 Å².